The van der Waals surface area contributed by atoms with E-state index in [0.717, 1.165) is 0 Å². The number of halogens is 2. The van der Waals surface area contributed by atoms with Gasteiger partial charge in [-0.25, -0.2) is 8.78 Å². The van der Waals surface area contributed by atoms with Gasteiger partial charge in [-0.2, -0.15) is 0 Å². The summed E-state index contributed by atoms with van der Waals surface area (Å²) in [6.07, 6.45) is 0. The third-order valence-corrected chi connectivity index (χ3v) is 2.49. The van der Waals surface area contributed by atoms with Gasteiger partial charge in [0.2, 0.25) is 0 Å². The fourth-order valence-corrected chi connectivity index (χ4v) is 1.76. The molecular formula is C11H4F2O. The van der Waals surface area contributed by atoms with Crippen molar-refractivity contribution in [2.24, 2.45) is 0 Å². The maximum Gasteiger partial charge on any atom is 0.198 e. The lowest BCUT2D eigenvalue weighted by Gasteiger charge is -1.96. The number of hydrogen-bond donors (Lipinski definition) is 0. The van der Waals surface area contributed by atoms with Gasteiger partial charge in [0.05, 0.1) is 5.39 Å². The smallest absolute Gasteiger partial charge is 0.198 e. The summed E-state index contributed by atoms with van der Waals surface area (Å²) in [7, 11) is 0. The molecule has 0 bridgehead atoms. The standard InChI is InChI=1S/C11H4F2O/c12-9-6-4-2-1-3-5(6)7-8(10(9)13)11(7)14/h1-4H. The molecule has 0 fully saturated rings. The Labute approximate surface area is 77.3 Å². The van der Waals surface area contributed by atoms with Crippen molar-refractivity contribution in [1.29, 1.82) is 0 Å². The quantitative estimate of drug-likeness (QED) is 0.532. The first-order valence-electron chi connectivity index (χ1n) is 4.16. The fraction of sp³-hybridized carbons (Fsp3) is 0. The Morgan fingerprint density at radius 1 is 0.857 bits per heavy atom. The zero-order valence-corrected chi connectivity index (χ0v) is 6.97. The first-order valence-corrected chi connectivity index (χ1v) is 4.16. The van der Waals surface area contributed by atoms with Crippen LogP contribution in [0.25, 0.3) is 21.5 Å². The van der Waals surface area contributed by atoms with E-state index in [2.05, 4.69) is 0 Å². The Bertz CT molecular complexity index is 675. The Morgan fingerprint density at radius 3 is 2.21 bits per heavy atom. The molecule has 14 heavy (non-hydrogen) atoms. The van der Waals surface area contributed by atoms with E-state index in [9.17, 15) is 13.6 Å². The third-order valence-electron chi connectivity index (χ3n) is 2.49. The van der Waals surface area contributed by atoms with Crippen molar-refractivity contribution in [1.82, 2.24) is 0 Å². The van der Waals surface area contributed by atoms with Crippen molar-refractivity contribution in [3.05, 3.63) is 46.1 Å². The molecular weight excluding hydrogens is 186 g/mol. The van der Waals surface area contributed by atoms with E-state index < -0.39 is 11.6 Å². The molecule has 0 heterocycles. The minimum Gasteiger partial charge on any atom is -0.288 e. The van der Waals surface area contributed by atoms with Gasteiger partial charge in [-0.1, -0.05) is 24.3 Å². The zero-order valence-electron chi connectivity index (χ0n) is 6.97. The Balaban J connectivity index is 2.70. The molecule has 0 saturated carbocycles. The van der Waals surface area contributed by atoms with Gasteiger partial charge in [-0.3, -0.25) is 4.79 Å². The maximum atomic E-state index is 13.3. The molecule has 0 amide bonds. The molecule has 0 aliphatic carbocycles. The molecule has 68 valence electrons. The van der Waals surface area contributed by atoms with Gasteiger partial charge in [-0.15, -0.1) is 0 Å². The summed E-state index contributed by atoms with van der Waals surface area (Å²) in [5.41, 5.74) is -0.373. The highest BCUT2D eigenvalue weighted by Gasteiger charge is 2.25. The van der Waals surface area contributed by atoms with Crippen LogP contribution in [0, 0.1) is 11.6 Å². The number of fused-ring (bicyclic) bond motifs is 3. The first kappa shape index (κ1) is 7.62. The molecule has 3 heteroatoms. The average Bonchev–Trinajstić information content (AvgIpc) is 2.87. The molecule has 3 rings (SSSR count). The zero-order chi connectivity index (χ0) is 9.87. The highest BCUT2D eigenvalue weighted by atomic mass is 19.2. The fourth-order valence-electron chi connectivity index (χ4n) is 1.76. The molecule has 1 nitrogen and oxygen atoms in total. The van der Waals surface area contributed by atoms with Crippen LogP contribution in [-0.2, 0) is 0 Å². The Morgan fingerprint density at radius 2 is 1.50 bits per heavy atom. The molecule has 0 unspecified atom stereocenters. The van der Waals surface area contributed by atoms with Crippen molar-refractivity contribution in [2.45, 2.75) is 0 Å². The Hall–Kier alpha value is -1.77. The van der Waals surface area contributed by atoms with E-state index in [4.69, 9.17) is 0 Å². The molecule has 0 aliphatic heterocycles. The van der Waals surface area contributed by atoms with Gasteiger partial charge in [0.25, 0.3) is 0 Å². The first-order chi connectivity index (χ1) is 6.72. The average molecular weight is 190 g/mol. The predicted octanol–water partition coefficient (Wildman–Crippen LogP) is 2.51. The molecule has 3 aromatic rings. The highest BCUT2D eigenvalue weighted by molar-refractivity contribution is 6.16. The Kier molecular flexibility index (Phi) is 1.18. The summed E-state index contributed by atoms with van der Waals surface area (Å²) in [5.74, 6) is -1.94. The lowest BCUT2D eigenvalue weighted by Crippen LogP contribution is -1.83. The third kappa shape index (κ3) is 0.702. The summed E-state index contributed by atoms with van der Waals surface area (Å²) >= 11 is 0. The van der Waals surface area contributed by atoms with Crippen LogP contribution in [0.3, 0.4) is 0 Å². The van der Waals surface area contributed by atoms with Crippen LogP contribution in [0.15, 0.2) is 29.1 Å². The van der Waals surface area contributed by atoms with Gasteiger partial charge in [-0.05, 0) is 5.39 Å². The molecule has 3 aromatic carbocycles. The van der Waals surface area contributed by atoms with Crippen LogP contribution in [-0.4, -0.2) is 0 Å². The van der Waals surface area contributed by atoms with Crippen LogP contribution < -0.4 is 5.43 Å². The highest BCUT2D eigenvalue weighted by Crippen LogP contribution is 2.31. The summed E-state index contributed by atoms with van der Waals surface area (Å²) in [6.45, 7) is 0. The van der Waals surface area contributed by atoms with Gasteiger partial charge < -0.3 is 0 Å². The summed E-state index contributed by atoms with van der Waals surface area (Å²) in [5, 5.41) is 0.932. The van der Waals surface area contributed by atoms with Crippen molar-refractivity contribution in [3.63, 3.8) is 0 Å². The van der Waals surface area contributed by atoms with Crippen molar-refractivity contribution >= 4 is 21.5 Å². The lowest BCUT2D eigenvalue weighted by atomic mass is 10.1. The van der Waals surface area contributed by atoms with Crippen molar-refractivity contribution in [3.8, 4) is 0 Å². The molecule has 0 atom stereocenters. The van der Waals surface area contributed by atoms with E-state index >= 15 is 0 Å². The van der Waals surface area contributed by atoms with Gasteiger partial charge in [0, 0.05) is 10.8 Å². The minimum absolute atomic E-state index is 0.0822. The lowest BCUT2D eigenvalue weighted by molar-refractivity contribution is 0.526. The molecule has 0 aromatic heterocycles. The molecule has 0 aliphatic rings. The summed E-state index contributed by atoms with van der Waals surface area (Å²) in [6, 6.07) is 6.41. The summed E-state index contributed by atoms with van der Waals surface area (Å²) < 4.78 is 26.5. The SMILES string of the molecule is O=c1c2c(F)c(F)c3ccccc3c12. The second-order valence-electron chi connectivity index (χ2n) is 3.25. The topological polar surface area (TPSA) is 17.1 Å². The monoisotopic (exact) mass is 190 g/mol. The van der Waals surface area contributed by atoms with E-state index in [0.29, 0.717) is 10.8 Å². The van der Waals surface area contributed by atoms with Crippen LogP contribution in [0.2, 0.25) is 0 Å². The predicted molar refractivity (Wildman–Crippen MR) is 50.0 cm³/mol. The van der Waals surface area contributed by atoms with E-state index in [1.807, 2.05) is 0 Å². The van der Waals surface area contributed by atoms with E-state index in [1.165, 1.54) is 6.07 Å². The van der Waals surface area contributed by atoms with Crippen LogP contribution in [0.4, 0.5) is 8.78 Å². The normalized spacial score (nSPS) is 11.9. The van der Waals surface area contributed by atoms with Crippen molar-refractivity contribution < 1.29 is 8.78 Å². The molecule has 0 radical (unpaired) electrons. The van der Waals surface area contributed by atoms with Gasteiger partial charge in [0.1, 0.15) is 0 Å². The van der Waals surface area contributed by atoms with Crippen LogP contribution in [0.5, 0.6) is 0 Å². The molecule has 0 spiro atoms. The van der Waals surface area contributed by atoms with Gasteiger partial charge >= 0.3 is 0 Å². The second kappa shape index (κ2) is 2.18. The van der Waals surface area contributed by atoms with E-state index in [1.54, 1.807) is 18.2 Å². The van der Waals surface area contributed by atoms with Gasteiger partial charge in [0.15, 0.2) is 17.1 Å². The second-order valence-corrected chi connectivity index (χ2v) is 3.25. The summed E-state index contributed by atoms with van der Waals surface area (Å²) in [4.78, 5) is 11.1. The van der Waals surface area contributed by atoms with Crippen LogP contribution >= 0.6 is 0 Å². The number of benzene rings is 2. The van der Waals surface area contributed by atoms with Crippen LogP contribution in [0.1, 0.15) is 0 Å². The van der Waals surface area contributed by atoms with E-state index in [-0.39, 0.29) is 16.2 Å². The molecule has 0 saturated heterocycles. The minimum atomic E-state index is -1.01. The molecule has 0 N–H and O–H groups in total. The number of hydrogen-bond acceptors (Lipinski definition) is 1. The number of rotatable bonds is 0. The maximum absolute atomic E-state index is 13.3. The largest absolute Gasteiger partial charge is 0.288 e. The van der Waals surface area contributed by atoms with Crippen molar-refractivity contribution in [2.75, 3.05) is 0 Å².